The van der Waals surface area contributed by atoms with Crippen LogP contribution in [0.4, 0.5) is 11.5 Å². The number of benzene rings is 1. The lowest BCUT2D eigenvalue weighted by Gasteiger charge is -2.19. The van der Waals surface area contributed by atoms with Crippen LogP contribution in [0.15, 0.2) is 66.2 Å². The second kappa shape index (κ2) is 8.42. The van der Waals surface area contributed by atoms with Crippen molar-refractivity contribution in [2.24, 2.45) is 17.8 Å². The smallest absolute Gasteiger partial charge is 0.267 e. The van der Waals surface area contributed by atoms with Gasteiger partial charge in [0.15, 0.2) is 0 Å². The first-order valence-electron chi connectivity index (χ1n) is 11.5. The van der Waals surface area contributed by atoms with Gasteiger partial charge < -0.3 is 15.6 Å². The molecule has 36 heavy (non-hydrogen) atoms. The molecule has 1 aromatic carbocycles. The van der Waals surface area contributed by atoms with E-state index in [9.17, 15) is 4.79 Å². The fourth-order valence-electron chi connectivity index (χ4n) is 4.62. The Balaban J connectivity index is 1.52. The Morgan fingerprint density at radius 3 is 2.75 bits per heavy atom. The monoisotopic (exact) mass is 477 g/mol. The number of carbonyl (C=O) groups is 1. The zero-order valence-corrected chi connectivity index (χ0v) is 19.8. The van der Waals surface area contributed by atoms with E-state index in [2.05, 4.69) is 49.0 Å². The summed E-state index contributed by atoms with van der Waals surface area (Å²) in [5, 5.41) is 7.67. The Morgan fingerprint density at radius 2 is 1.94 bits per heavy atom. The number of hydrogen-bond donors (Lipinski definition) is 2. The van der Waals surface area contributed by atoms with E-state index in [1.54, 1.807) is 29.3 Å². The molecule has 178 valence electrons. The first-order valence-corrected chi connectivity index (χ1v) is 11.5. The van der Waals surface area contributed by atoms with Crippen LogP contribution in [0.3, 0.4) is 0 Å². The standard InChI is InChI=1S/C26H23N9O/c1-15-5-6-16(19-4-3-7-28-22(19)23(27)36)10-20(15)21-11-17-12-30-26(32-18-13-31-34(2)14-18)33-24(17)35-9-8-29-25(21)35/h3-7,10-14,29H,8-9H2,1-2H3,(H2,27,36). The van der Waals surface area contributed by atoms with E-state index in [4.69, 9.17) is 10.7 Å². The molecular formula is C26H23N9O. The summed E-state index contributed by atoms with van der Waals surface area (Å²) in [7, 11) is 1.84. The minimum Gasteiger partial charge on any atom is -0.369 e. The lowest BCUT2D eigenvalue weighted by molar-refractivity contribution is 0.0996. The summed E-state index contributed by atoms with van der Waals surface area (Å²) in [6, 6.07) is 11.9. The third-order valence-electron chi connectivity index (χ3n) is 6.29. The highest BCUT2D eigenvalue weighted by Crippen LogP contribution is 2.39. The number of aromatic nitrogens is 6. The summed E-state index contributed by atoms with van der Waals surface area (Å²) >= 11 is 0. The van der Waals surface area contributed by atoms with Gasteiger partial charge in [0, 0.05) is 49.2 Å². The summed E-state index contributed by atoms with van der Waals surface area (Å²) in [6.45, 7) is 3.63. The normalized spacial score (nSPS) is 13.1. The van der Waals surface area contributed by atoms with E-state index in [1.165, 1.54) is 0 Å². The van der Waals surface area contributed by atoms with Crippen molar-refractivity contribution in [2.45, 2.75) is 13.5 Å². The number of nitrogens with one attached hydrogen (secondary N) is 1. The molecule has 2 aromatic heterocycles. The maximum atomic E-state index is 12.0. The van der Waals surface area contributed by atoms with Crippen LogP contribution >= 0.6 is 0 Å². The molecule has 0 bridgehead atoms. The number of carbonyl (C=O) groups excluding carboxylic acids is 1. The molecule has 0 spiro atoms. The number of rotatable bonds is 4. The first kappa shape index (κ1) is 21.7. The average molecular weight is 478 g/mol. The zero-order chi connectivity index (χ0) is 24.8. The molecule has 3 aromatic rings. The highest BCUT2D eigenvalue weighted by molar-refractivity contribution is 5.98. The van der Waals surface area contributed by atoms with E-state index in [1.807, 2.05) is 31.4 Å². The number of primary amides is 1. The molecule has 10 nitrogen and oxygen atoms in total. The Labute approximate surface area is 206 Å². The van der Waals surface area contributed by atoms with Crippen LogP contribution in [0.25, 0.3) is 33.6 Å². The lowest BCUT2D eigenvalue weighted by Crippen LogP contribution is -2.17. The largest absolute Gasteiger partial charge is 0.369 e. The Bertz CT molecular complexity index is 1680. The topological polar surface area (TPSA) is 129 Å². The van der Waals surface area contributed by atoms with Gasteiger partial charge in [-0.25, -0.2) is 9.98 Å². The minimum absolute atomic E-state index is 0.252. The zero-order valence-electron chi connectivity index (χ0n) is 19.8. The van der Waals surface area contributed by atoms with Crippen molar-refractivity contribution in [1.29, 1.82) is 0 Å². The molecule has 0 atom stereocenters. The first-order chi connectivity index (χ1) is 17.5. The third kappa shape index (κ3) is 3.68. The molecule has 3 aliphatic heterocycles. The number of nitrogens with zero attached hydrogens (tertiary/aromatic N) is 7. The van der Waals surface area contributed by atoms with Crippen molar-refractivity contribution in [3.63, 3.8) is 0 Å². The van der Waals surface area contributed by atoms with E-state index in [0.29, 0.717) is 16.9 Å². The molecule has 0 radical (unpaired) electrons. The second-order valence-corrected chi connectivity index (χ2v) is 8.71. The number of nitrogens with two attached hydrogens (primary N) is 1. The Hall–Kier alpha value is -4.86. The summed E-state index contributed by atoms with van der Waals surface area (Å²) in [5.74, 6) is 1.24. The van der Waals surface area contributed by atoms with Crippen LogP contribution in [0.2, 0.25) is 0 Å². The van der Waals surface area contributed by atoms with E-state index >= 15 is 0 Å². The van der Waals surface area contributed by atoms with Gasteiger partial charge in [0.2, 0.25) is 0 Å². The Morgan fingerprint density at radius 1 is 1.08 bits per heavy atom. The molecule has 3 aliphatic rings. The Kier molecular flexibility index (Phi) is 5.06. The number of pyridine rings is 2. The minimum atomic E-state index is -0.554. The van der Waals surface area contributed by atoms with Crippen molar-refractivity contribution in [1.82, 2.24) is 29.3 Å². The summed E-state index contributed by atoms with van der Waals surface area (Å²) in [6.07, 6.45) is 6.87. The van der Waals surface area contributed by atoms with Gasteiger partial charge in [-0.15, -0.1) is 0 Å². The SMILES string of the molecule is Cc1ccc(-c2cccnc2C(N)=O)cc1-c1cc2cnc(=Nc3cnn(C)c3)nc-2n2c1NCC2. The van der Waals surface area contributed by atoms with Crippen LogP contribution in [0.1, 0.15) is 16.1 Å². The molecule has 5 heterocycles. The maximum Gasteiger partial charge on any atom is 0.267 e. The average Bonchev–Trinajstić information content (AvgIpc) is 3.53. The quantitative estimate of drug-likeness (QED) is 0.410. The molecule has 3 N–H and O–H groups in total. The van der Waals surface area contributed by atoms with Crippen LogP contribution in [0, 0.1) is 6.92 Å². The van der Waals surface area contributed by atoms with E-state index < -0.39 is 5.91 Å². The van der Waals surface area contributed by atoms with Crippen molar-refractivity contribution >= 4 is 17.4 Å². The number of anilines is 1. The van der Waals surface area contributed by atoms with Crippen LogP contribution < -0.4 is 16.7 Å². The molecule has 1 amide bonds. The molecule has 6 rings (SSSR count). The summed E-state index contributed by atoms with van der Waals surface area (Å²) in [5.41, 5.74) is 12.6. The van der Waals surface area contributed by atoms with Crippen molar-refractivity contribution in [3.8, 4) is 33.6 Å². The number of amides is 1. The summed E-state index contributed by atoms with van der Waals surface area (Å²) < 4.78 is 3.86. The fraction of sp³-hybridized carbons (Fsp3) is 0.154. The van der Waals surface area contributed by atoms with Gasteiger partial charge in [0.1, 0.15) is 23.0 Å². The highest BCUT2D eigenvalue weighted by atomic mass is 16.1. The number of hydrogen-bond acceptors (Lipinski definition) is 7. The number of aryl methyl sites for hydroxylation is 2. The van der Waals surface area contributed by atoms with E-state index in [0.717, 1.165) is 52.5 Å². The fourth-order valence-corrected chi connectivity index (χ4v) is 4.62. The van der Waals surface area contributed by atoms with Gasteiger partial charge in [-0.2, -0.15) is 10.1 Å². The van der Waals surface area contributed by atoms with Crippen molar-refractivity contribution in [2.75, 3.05) is 11.9 Å². The second-order valence-electron chi connectivity index (χ2n) is 8.71. The van der Waals surface area contributed by atoms with Gasteiger partial charge in [-0.1, -0.05) is 18.2 Å². The predicted octanol–water partition coefficient (Wildman–Crippen LogP) is 2.91. The highest BCUT2D eigenvalue weighted by Gasteiger charge is 2.23. The molecular weight excluding hydrogens is 454 g/mol. The van der Waals surface area contributed by atoms with E-state index in [-0.39, 0.29) is 5.69 Å². The third-order valence-corrected chi connectivity index (χ3v) is 6.29. The molecule has 10 heteroatoms. The van der Waals surface area contributed by atoms with Gasteiger partial charge >= 0.3 is 0 Å². The van der Waals surface area contributed by atoms with Gasteiger partial charge in [-0.05, 0) is 41.8 Å². The molecule has 0 fully saturated rings. The lowest BCUT2D eigenvalue weighted by atomic mass is 9.93. The van der Waals surface area contributed by atoms with Crippen LogP contribution in [-0.4, -0.2) is 41.8 Å². The van der Waals surface area contributed by atoms with Gasteiger partial charge in [0.25, 0.3) is 11.5 Å². The molecule has 0 saturated heterocycles. The van der Waals surface area contributed by atoms with Crippen LogP contribution in [-0.2, 0) is 13.6 Å². The molecule has 0 unspecified atom stereocenters. The maximum absolute atomic E-state index is 12.0. The number of fused-ring (bicyclic) bond motifs is 3. The van der Waals surface area contributed by atoms with Crippen LogP contribution in [0.5, 0.6) is 0 Å². The summed E-state index contributed by atoms with van der Waals surface area (Å²) in [4.78, 5) is 29.9. The molecule has 0 aliphatic carbocycles. The molecule has 0 saturated carbocycles. The van der Waals surface area contributed by atoms with Gasteiger partial charge in [-0.3, -0.25) is 14.5 Å². The van der Waals surface area contributed by atoms with Crippen molar-refractivity contribution < 1.29 is 4.79 Å². The predicted molar refractivity (Wildman–Crippen MR) is 135 cm³/mol. The van der Waals surface area contributed by atoms with Gasteiger partial charge in [0.05, 0.1) is 12.4 Å². The van der Waals surface area contributed by atoms with Crippen molar-refractivity contribution in [3.05, 3.63) is 78.1 Å².